The summed E-state index contributed by atoms with van der Waals surface area (Å²) in [4.78, 5) is 2.81. The van der Waals surface area contributed by atoms with E-state index in [1.807, 2.05) is 12.1 Å². The zero-order valence-electron chi connectivity index (χ0n) is 20.8. The Morgan fingerprint density at radius 3 is 2.11 bits per heavy atom. The van der Waals surface area contributed by atoms with E-state index >= 15 is 0 Å². The quantitative estimate of drug-likeness (QED) is 0.267. The first-order valence-corrected chi connectivity index (χ1v) is 14.6. The highest BCUT2D eigenvalue weighted by Gasteiger charge is 2.20. The Morgan fingerprint density at radius 2 is 1.42 bits per heavy atom. The molecule has 0 radical (unpaired) electrons. The molecule has 4 nitrogen and oxygen atoms in total. The van der Waals surface area contributed by atoms with Crippen molar-refractivity contribution in [1.29, 1.82) is 0 Å². The van der Waals surface area contributed by atoms with Crippen molar-refractivity contribution in [3.8, 4) is 5.75 Å². The van der Waals surface area contributed by atoms with Gasteiger partial charge in [-0.3, -0.25) is 4.90 Å². The number of fused-ring (bicyclic) bond motifs is 1. The van der Waals surface area contributed by atoms with Gasteiger partial charge in [0.15, 0.2) is 9.84 Å². The molecule has 5 rings (SSSR count). The van der Waals surface area contributed by atoms with Crippen molar-refractivity contribution < 1.29 is 13.2 Å². The van der Waals surface area contributed by atoms with Gasteiger partial charge in [-0.15, -0.1) is 0 Å². The Kier molecular flexibility index (Phi) is 7.40. The lowest BCUT2D eigenvalue weighted by Gasteiger charge is -2.26. The average Bonchev–Trinajstić information content (AvgIpc) is 2.90. The maximum Gasteiger partial charge on any atom is 0.175 e. The van der Waals surface area contributed by atoms with Crippen LogP contribution in [0, 0.1) is 0 Å². The van der Waals surface area contributed by atoms with Crippen molar-refractivity contribution >= 4 is 20.6 Å². The number of hydrogen-bond acceptors (Lipinski definition) is 4. The second-order valence-electron chi connectivity index (χ2n) is 9.66. The van der Waals surface area contributed by atoms with Crippen LogP contribution in [-0.4, -0.2) is 45.8 Å². The van der Waals surface area contributed by atoms with Gasteiger partial charge < -0.3 is 4.74 Å². The smallest absolute Gasteiger partial charge is 0.175 e. The molecular formula is C31H33NO3S. The van der Waals surface area contributed by atoms with Gasteiger partial charge in [0.1, 0.15) is 12.4 Å². The van der Waals surface area contributed by atoms with Crippen molar-refractivity contribution in [3.05, 3.63) is 108 Å². The minimum Gasteiger partial charge on any atom is -0.492 e. The summed E-state index contributed by atoms with van der Waals surface area (Å²) < 4.78 is 30.1. The summed E-state index contributed by atoms with van der Waals surface area (Å²) >= 11 is 0. The van der Waals surface area contributed by atoms with Gasteiger partial charge >= 0.3 is 0 Å². The molecule has 1 aliphatic rings. The third-order valence-corrected chi connectivity index (χ3v) is 8.24. The van der Waals surface area contributed by atoms with Crippen LogP contribution in [0.4, 0.5) is 0 Å². The van der Waals surface area contributed by atoms with Crippen LogP contribution in [0.1, 0.15) is 41.9 Å². The minimum absolute atomic E-state index is 0.0351. The van der Waals surface area contributed by atoms with E-state index in [-0.39, 0.29) is 5.92 Å². The summed E-state index contributed by atoms with van der Waals surface area (Å²) in [5.74, 6) is 0.840. The highest BCUT2D eigenvalue weighted by molar-refractivity contribution is 7.90. The minimum atomic E-state index is -3.25. The Balaban J connectivity index is 1.44. The molecule has 1 aliphatic heterocycles. The van der Waals surface area contributed by atoms with Gasteiger partial charge in [-0.05, 0) is 77.7 Å². The third kappa shape index (κ3) is 5.63. The lowest BCUT2D eigenvalue weighted by atomic mass is 9.83. The molecule has 0 saturated carbocycles. The van der Waals surface area contributed by atoms with E-state index in [2.05, 4.69) is 71.6 Å². The molecular weight excluding hydrogens is 466 g/mol. The van der Waals surface area contributed by atoms with Crippen molar-refractivity contribution in [2.75, 3.05) is 32.5 Å². The van der Waals surface area contributed by atoms with E-state index in [1.54, 1.807) is 12.1 Å². The van der Waals surface area contributed by atoms with E-state index < -0.39 is 9.84 Å². The fourth-order valence-corrected chi connectivity index (χ4v) is 5.82. The summed E-state index contributed by atoms with van der Waals surface area (Å²) in [6, 6.07) is 30.4. The maximum atomic E-state index is 12.0. The van der Waals surface area contributed by atoms with Gasteiger partial charge in [-0.25, -0.2) is 8.42 Å². The normalized spacial score (nSPS) is 15.6. The number of ether oxygens (including phenoxy) is 1. The van der Waals surface area contributed by atoms with E-state index in [4.69, 9.17) is 4.74 Å². The predicted molar refractivity (Wildman–Crippen MR) is 147 cm³/mol. The van der Waals surface area contributed by atoms with Crippen molar-refractivity contribution in [3.63, 3.8) is 0 Å². The first-order chi connectivity index (χ1) is 17.5. The summed E-state index contributed by atoms with van der Waals surface area (Å²) in [7, 11) is -3.25. The standard InChI is InChI=1S/C31H33NO3S/c1-36(33,34)28-18-14-26(15-19-28)31(30-11-7-9-24-8-3-4-10-29(24)30)25-12-16-27(17-13-25)35-23-22-32-20-5-2-6-21-32/h3-4,7-19,31H,2,5-6,20-23H2,1H3. The first-order valence-electron chi connectivity index (χ1n) is 12.7. The number of nitrogens with zero attached hydrogens (tertiary/aromatic N) is 1. The molecule has 0 N–H and O–H groups in total. The average molecular weight is 500 g/mol. The largest absolute Gasteiger partial charge is 0.492 e. The Labute approximate surface area is 214 Å². The van der Waals surface area contributed by atoms with Crippen LogP contribution in [-0.2, 0) is 9.84 Å². The number of rotatable bonds is 8. The zero-order chi connectivity index (χ0) is 25.0. The Hall–Kier alpha value is -3.15. The Bertz CT molecular complexity index is 1400. The van der Waals surface area contributed by atoms with Gasteiger partial charge in [0.05, 0.1) is 4.90 Å². The van der Waals surface area contributed by atoms with Crippen LogP contribution < -0.4 is 4.74 Å². The maximum absolute atomic E-state index is 12.0. The molecule has 1 atom stereocenters. The molecule has 0 aliphatic carbocycles. The highest BCUT2D eigenvalue weighted by Crippen LogP contribution is 2.37. The topological polar surface area (TPSA) is 46.6 Å². The van der Waals surface area contributed by atoms with Crippen molar-refractivity contribution in [1.82, 2.24) is 4.90 Å². The van der Waals surface area contributed by atoms with Crippen LogP contribution in [0.25, 0.3) is 10.8 Å². The second-order valence-corrected chi connectivity index (χ2v) is 11.7. The number of sulfone groups is 1. The SMILES string of the molecule is CS(=O)(=O)c1ccc(C(c2ccc(OCCN3CCCCC3)cc2)c2cccc3ccccc23)cc1. The van der Waals surface area contributed by atoms with Crippen LogP contribution in [0.3, 0.4) is 0 Å². The van der Waals surface area contributed by atoms with Crippen LogP contribution in [0.5, 0.6) is 5.75 Å². The lowest BCUT2D eigenvalue weighted by Crippen LogP contribution is -2.33. The fourth-order valence-electron chi connectivity index (χ4n) is 5.19. The number of benzene rings is 4. The van der Waals surface area contributed by atoms with E-state index in [9.17, 15) is 8.42 Å². The number of piperidine rings is 1. The van der Waals surface area contributed by atoms with Gasteiger partial charge in [-0.2, -0.15) is 0 Å². The molecule has 0 amide bonds. The first kappa shape index (κ1) is 24.5. The van der Waals surface area contributed by atoms with Gasteiger partial charge in [0.25, 0.3) is 0 Å². The molecule has 1 unspecified atom stereocenters. The summed E-state index contributed by atoms with van der Waals surface area (Å²) in [5.41, 5.74) is 3.39. The fraction of sp³-hybridized carbons (Fsp3) is 0.290. The zero-order valence-corrected chi connectivity index (χ0v) is 21.6. The van der Waals surface area contributed by atoms with Gasteiger partial charge in [-0.1, -0.05) is 73.2 Å². The van der Waals surface area contributed by atoms with E-state index in [0.717, 1.165) is 23.4 Å². The van der Waals surface area contributed by atoms with E-state index in [1.165, 1.54) is 54.9 Å². The van der Waals surface area contributed by atoms with Crippen molar-refractivity contribution in [2.45, 2.75) is 30.1 Å². The molecule has 4 aromatic rings. The summed E-state index contributed by atoms with van der Waals surface area (Å²) in [6.07, 6.45) is 5.16. The summed E-state index contributed by atoms with van der Waals surface area (Å²) in [5, 5.41) is 2.38. The monoisotopic (exact) mass is 499 g/mol. The number of likely N-dealkylation sites (tertiary alicyclic amines) is 1. The van der Waals surface area contributed by atoms with Crippen LogP contribution in [0.15, 0.2) is 95.9 Å². The van der Waals surface area contributed by atoms with Crippen LogP contribution >= 0.6 is 0 Å². The second kappa shape index (κ2) is 10.9. The highest BCUT2D eigenvalue weighted by atomic mass is 32.2. The molecule has 36 heavy (non-hydrogen) atoms. The molecule has 5 heteroatoms. The molecule has 0 bridgehead atoms. The molecule has 0 aromatic heterocycles. The predicted octanol–water partition coefficient (Wildman–Crippen LogP) is 6.29. The molecule has 1 heterocycles. The molecule has 186 valence electrons. The molecule has 1 saturated heterocycles. The molecule has 4 aromatic carbocycles. The third-order valence-electron chi connectivity index (χ3n) is 7.11. The van der Waals surface area contributed by atoms with Crippen molar-refractivity contribution in [2.24, 2.45) is 0 Å². The number of hydrogen-bond donors (Lipinski definition) is 0. The Morgan fingerprint density at radius 1 is 0.778 bits per heavy atom. The molecule has 1 fully saturated rings. The lowest BCUT2D eigenvalue weighted by molar-refractivity contribution is 0.183. The molecule has 0 spiro atoms. The summed E-state index contributed by atoms with van der Waals surface area (Å²) in [6.45, 7) is 4.01. The van der Waals surface area contributed by atoms with E-state index in [0.29, 0.717) is 11.5 Å². The van der Waals surface area contributed by atoms with Crippen LogP contribution in [0.2, 0.25) is 0 Å². The van der Waals surface area contributed by atoms with Gasteiger partial charge in [0.2, 0.25) is 0 Å². The van der Waals surface area contributed by atoms with Gasteiger partial charge in [0, 0.05) is 18.7 Å².